The number of carbonyl (C=O) groups is 2. The zero-order valence-corrected chi connectivity index (χ0v) is 17.2. The highest BCUT2D eigenvalue weighted by Crippen LogP contribution is 2.42. The van der Waals surface area contributed by atoms with Crippen LogP contribution in [0.15, 0.2) is 63.8 Å². The van der Waals surface area contributed by atoms with Gasteiger partial charge in [0.2, 0.25) is 0 Å². The quantitative estimate of drug-likeness (QED) is 0.388. The van der Waals surface area contributed by atoms with E-state index >= 15 is 0 Å². The summed E-state index contributed by atoms with van der Waals surface area (Å²) in [5, 5.41) is 22.3. The molecule has 31 heavy (non-hydrogen) atoms. The largest absolute Gasteiger partial charge is 0.872 e. The minimum Gasteiger partial charge on any atom is -0.872 e. The summed E-state index contributed by atoms with van der Waals surface area (Å²) in [4.78, 5) is 36.8. The second-order valence-corrected chi connectivity index (χ2v) is 8.44. The summed E-state index contributed by atoms with van der Waals surface area (Å²) in [6, 6.07) is 12.9. The third kappa shape index (κ3) is 3.57. The molecule has 6 heteroatoms. The van der Waals surface area contributed by atoms with Gasteiger partial charge in [0.1, 0.15) is 11.3 Å². The molecular weight excluding hydrogens is 396 g/mol. The maximum Gasteiger partial charge on any atom is 0.336 e. The number of benzene rings is 3. The molecule has 0 bridgehead atoms. The van der Waals surface area contributed by atoms with Crippen LogP contribution in [0.4, 0.5) is 0 Å². The number of Topliss-reactive ketones (excluding diaryl/α,β-unsaturated/α-hetero) is 1. The van der Waals surface area contributed by atoms with Gasteiger partial charge < -0.3 is 14.6 Å². The summed E-state index contributed by atoms with van der Waals surface area (Å²) in [7, 11) is 0. The Kier molecular flexibility index (Phi) is 4.65. The fourth-order valence-corrected chi connectivity index (χ4v) is 3.65. The number of ketones is 1. The number of fused-ring (bicyclic) bond motifs is 2. The van der Waals surface area contributed by atoms with Crippen LogP contribution in [0.1, 0.15) is 41.5 Å². The minimum atomic E-state index is -1.16. The maximum absolute atomic E-state index is 12.9. The molecule has 0 atom stereocenters. The first-order valence-electron chi connectivity index (χ1n) is 9.66. The second-order valence-electron chi connectivity index (χ2n) is 8.44. The number of hydrogen-bond donors (Lipinski definition) is 1. The van der Waals surface area contributed by atoms with Gasteiger partial charge in [0, 0.05) is 33.6 Å². The Balaban J connectivity index is 2.16. The van der Waals surface area contributed by atoms with E-state index < -0.39 is 11.4 Å². The Morgan fingerprint density at radius 3 is 2.35 bits per heavy atom. The third-order valence-electron chi connectivity index (χ3n) is 5.13. The highest BCUT2D eigenvalue weighted by atomic mass is 16.4. The van der Waals surface area contributed by atoms with Crippen molar-refractivity contribution in [3.05, 3.63) is 75.9 Å². The molecule has 2 aromatic carbocycles. The predicted molar refractivity (Wildman–Crippen MR) is 115 cm³/mol. The molecule has 0 amide bonds. The molecule has 1 aliphatic carbocycles. The number of rotatable bonds is 3. The molecule has 0 aromatic heterocycles. The van der Waals surface area contributed by atoms with E-state index in [1.165, 1.54) is 36.4 Å². The summed E-state index contributed by atoms with van der Waals surface area (Å²) in [5.41, 5.74) is 0.954. The summed E-state index contributed by atoms with van der Waals surface area (Å²) in [6.07, 6.45) is 0. The second kappa shape index (κ2) is 7.09. The molecule has 0 saturated heterocycles. The Hall–Kier alpha value is -3.93. The number of carboxylic acids is 1. The van der Waals surface area contributed by atoms with E-state index in [0.717, 1.165) is 0 Å². The third-order valence-corrected chi connectivity index (χ3v) is 5.13. The SMILES string of the molecule is CC(C)(C)C(=O)c1ccc(C(=O)O)c(-c2c3ccc(=O)cc-3oc3cc([O-])ccc23)c1. The molecule has 1 heterocycles. The average molecular weight is 415 g/mol. The van der Waals surface area contributed by atoms with Crippen LogP contribution in [0.25, 0.3) is 33.4 Å². The summed E-state index contributed by atoms with van der Waals surface area (Å²) < 4.78 is 5.79. The van der Waals surface area contributed by atoms with Crippen molar-refractivity contribution >= 4 is 22.7 Å². The lowest BCUT2D eigenvalue weighted by atomic mass is 9.83. The van der Waals surface area contributed by atoms with Crippen molar-refractivity contribution in [3.8, 4) is 28.2 Å². The fraction of sp³-hybridized carbons (Fsp3) is 0.160. The normalized spacial score (nSPS) is 11.7. The van der Waals surface area contributed by atoms with Gasteiger partial charge in [0.05, 0.1) is 5.56 Å². The predicted octanol–water partition coefficient (Wildman–Crippen LogP) is 4.57. The van der Waals surface area contributed by atoms with E-state index in [9.17, 15) is 24.6 Å². The highest BCUT2D eigenvalue weighted by molar-refractivity contribution is 6.10. The summed E-state index contributed by atoms with van der Waals surface area (Å²) in [6.45, 7) is 5.37. The van der Waals surface area contributed by atoms with Gasteiger partial charge in [-0.2, -0.15) is 0 Å². The van der Waals surface area contributed by atoms with Crippen molar-refractivity contribution in [3.63, 3.8) is 0 Å². The van der Waals surface area contributed by atoms with Gasteiger partial charge in [-0.25, -0.2) is 4.79 Å². The van der Waals surface area contributed by atoms with E-state index in [-0.39, 0.29) is 33.9 Å². The minimum absolute atomic E-state index is 0.00309. The van der Waals surface area contributed by atoms with Crippen LogP contribution in [0, 0.1) is 5.41 Å². The summed E-state index contributed by atoms with van der Waals surface area (Å²) in [5.74, 6) is -1.35. The Morgan fingerprint density at radius 2 is 1.68 bits per heavy atom. The van der Waals surface area contributed by atoms with Gasteiger partial charge in [-0.1, -0.05) is 39.0 Å². The lowest BCUT2D eigenvalue weighted by Gasteiger charge is -2.20. The van der Waals surface area contributed by atoms with E-state index in [2.05, 4.69) is 0 Å². The number of carboxylic acid groups (broad SMARTS) is 1. The number of hydrogen-bond acceptors (Lipinski definition) is 5. The molecule has 0 radical (unpaired) electrons. The molecule has 0 unspecified atom stereocenters. The van der Waals surface area contributed by atoms with Gasteiger partial charge in [0.15, 0.2) is 11.2 Å². The van der Waals surface area contributed by atoms with Crippen LogP contribution < -0.4 is 10.5 Å². The molecule has 2 aliphatic rings. The molecule has 0 fully saturated rings. The molecule has 156 valence electrons. The summed E-state index contributed by atoms with van der Waals surface area (Å²) >= 11 is 0. The maximum atomic E-state index is 12.9. The first-order chi connectivity index (χ1) is 14.6. The molecule has 4 rings (SSSR count). The van der Waals surface area contributed by atoms with Crippen LogP contribution in [-0.4, -0.2) is 16.9 Å². The van der Waals surface area contributed by atoms with Gasteiger partial charge in [-0.05, 0) is 35.9 Å². The molecule has 1 N–H and O–H groups in total. The van der Waals surface area contributed by atoms with Crippen LogP contribution in [-0.2, 0) is 0 Å². The first kappa shape index (κ1) is 20.3. The zero-order valence-electron chi connectivity index (χ0n) is 17.2. The Bertz CT molecular complexity index is 1390. The van der Waals surface area contributed by atoms with Gasteiger partial charge in [-0.3, -0.25) is 9.59 Å². The average Bonchev–Trinajstić information content (AvgIpc) is 2.70. The Morgan fingerprint density at radius 1 is 0.935 bits per heavy atom. The molecule has 0 saturated carbocycles. The molecule has 1 aliphatic heterocycles. The van der Waals surface area contributed by atoms with Gasteiger partial charge in [-0.15, -0.1) is 5.75 Å². The fourth-order valence-electron chi connectivity index (χ4n) is 3.65. The lowest BCUT2D eigenvalue weighted by Crippen LogP contribution is -2.20. The van der Waals surface area contributed by atoms with Crippen molar-refractivity contribution in [2.24, 2.45) is 5.41 Å². The van der Waals surface area contributed by atoms with E-state index in [0.29, 0.717) is 27.6 Å². The molecule has 2 aromatic rings. The highest BCUT2D eigenvalue weighted by Gasteiger charge is 2.26. The standard InChI is InChI=1S/C25H20O6/c1-25(2,3)23(28)13-4-7-16(24(29)30)19(10-13)22-17-8-5-14(26)11-20(17)31-21-12-15(27)6-9-18(21)22/h4-12,26H,1-3H3,(H,29,30)/p-1. The van der Waals surface area contributed by atoms with Crippen molar-refractivity contribution in [2.75, 3.05) is 0 Å². The van der Waals surface area contributed by atoms with Gasteiger partial charge in [0.25, 0.3) is 0 Å². The Labute approximate surface area is 177 Å². The van der Waals surface area contributed by atoms with Crippen LogP contribution in [0.3, 0.4) is 0 Å². The van der Waals surface area contributed by atoms with Crippen molar-refractivity contribution in [2.45, 2.75) is 20.8 Å². The van der Waals surface area contributed by atoms with E-state index in [4.69, 9.17) is 4.42 Å². The van der Waals surface area contributed by atoms with Crippen LogP contribution >= 0.6 is 0 Å². The van der Waals surface area contributed by atoms with Crippen molar-refractivity contribution in [1.29, 1.82) is 0 Å². The smallest absolute Gasteiger partial charge is 0.336 e. The molecule has 6 nitrogen and oxygen atoms in total. The molecule has 0 spiro atoms. The zero-order chi connectivity index (χ0) is 22.5. The lowest BCUT2D eigenvalue weighted by molar-refractivity contribution is -0.268. The van der Waals surface area contributed by atoms with E-state index in [1.807, 2.05) is 0 Å². The topological polar surface area (TPSA) is 108 Å². The number of aromatic carboxylic acids is 1. The monoisotopic (exact) mass is 415 g/mol. The van der Waals surface area contributed by atoms with E-state index in [1.54, 1.807) is 39.0 Å². The first-order valence-corrected chi connectivity index (χ1v) is 9.66. The van der Waals surface area contributed by atoms with Crippen LogP contribution in [0.5, 0.6) is 5.75 Å². The van der Waals surface area contributed by atoms with Crippen molar-refractivity contribution in [1.82, 2.24) is 0 Å². The van der Waals surface area contributed by atoms with Gasteiger partial charge >= 0.3 is 5.97 Å². The van der Waals surface area contributed by atoms with Crippen LogP contribution in [0.2, 0.25) is 0 Å². The molecular formula is C25H19O6-. The number of carbonyl (C=O) groups excluding carboxylic acids is 1. The van der Waals surface area contributed by atoms with Crippen molar-refractivity contribution < 1.29 is 24.2 Å².